The molecular formula is C139H112N5Pt5-15. The number of benzene rings is 17. The molecule has 0 aliphatic heterocycles. The van der Waals surface area contributed by atoms with Crippen LogP contribution in [0.15, 0.2) is 486 Å². The fourth-order valence-corrected chi connectivity index (χ4v) is 16.7. The summed E-state index contributed by atoms with van der Waals surface area (Å²) in [6.07, 6.45) is 23.0. The van der Waals surface area contributed by atoms with Crippen LogP contribution in [0.1, 0.15) is 118 Å². The van der Waals surface area contributed by atoms with Gasteiger partial charge in [0.15, 0.2) is 0 Å². The van der Waals surface area contributed by atoms with Crippen molar-refractivity contribution in [1.29, 1.82) is 0 Å². The number of aryl methyl sites for hydroxylation is 1. The molecule has 0 amide bonds. The van der Waals surface area contributed by atoms with Crippen LogP contribution < -0.4 is 0 Å². The zero-order valence-electron chi connectivity index (χ0n) is 83.3. The molecule has 22 aromatic rings. The van der Waals surface area contributed by atoms with Gasteiger partial charge in [0.25, 0.3) is 0 Å². The molecule has 17 aromatic carbocycles. The Labute approximate surface area is 956 Å². The van der Waals surface area contributed by atoms with E-state index in [1.54, 1.807) is 6.20 Å². The summed E-state index contributed by atoms with van der Waals surface area (Å²) in [4.78, 5) is 22.0. The predicted octanol–water partition coefficient (Wildman–Crippen LogP) is 35.3. The first-order valence-corrected chi connectivity index (χ1v) is 49.4. The summed E-state index contributed by atoms with van der Waals surface area (Å²) in [5.74, 6) is 2.04. The van der Waals surface area contributed by atoms with Crippen LogP contribution in [0, 0.1) is 97.9 Å². The summed E-state index contributed by atoms with van der Waals surface area (Å²) >= 11 is 0. The monoisotopic (exact) mass is 2830 g/mol. The minimum atomic E-state index is 0. The van der Waals surface area contributed by atoms with E-state index in [2.05, 4.69) is 234 Å². The Morgan fingerprint density at radius 2 is 0.497 bits per heavy atom. The zero-order chi connectivity index (χ0) is 98.7. The van der Waals surface area contributed by atoms with Crippen LogP contribution in [0.4, 0.5) is 0 Å². The summed E-state index contributed by atoms with van der Waals surface area (Å²) in [7, 11) is 0. The predicted molar refractivity (Wildman–Crippen MR) is 596 cm³/mol. The topological polar surface area (TPSA) is 64.5 Å². The van der Waals surface area contributed by atoms with E-state index < -0.39 is 0 Å². The van der Waals surface area contributed by atoms with Crippen molar-refractivity contribution in [2.45, 2.75) is 103 Å². The molecule has 5 aromatic heterocycles. The van der Waals surface area contributed by atoms with Crippen LogP contribution in [0.2, 0.25) is 0 Å². The number of rotatable bonds is 13. The van der Waals surface area contributed by atoms with Crippen molar-refractivity contribution in [3.8, 4) is 112 Å². The second kappa shape index (κ2) is 66.7. The molecule has 5 nitrogen and oxygen atoms in total. The van der Waals surface area contributed by atoms with Crippen LogP contribution in [-0.4, -0.2) is 24.9 Å². The molecular weight excluding hydrogens is 2710 g/mol. The van der Waals surface area contributed by atoms with E-state index in [1.165, 1.54) is 108 Å². The second-order valence-electron chi connectivity index (χ2n) is 34.7. The summed E-state index contributed by atoms with van der Waals surface area (Å²) < 4.78 is 0. The van der Waals surface area contributed by atoms with Gasteiger partial charge < -0.3 is 24.9 Å². The van der Waals surface area contributed by atoms with E-state index in [1.807, 2.05) is 383 Å². The molecule has 2 saturated carbocycles. The molecule has 0 spiro atoms. The van der Waals surface area contributed by atoms with Crippen LogP contribution in [0.25, 0.3) is 133 Å². The van der Waals surface area contributed by atoms with Crippen molar-refractivity contribution in [3.05, 3.63) is 599 Å². The standard InChI is InChI=1S/C18H18.C17H18N.C16H12N.C15H10N.C14H14N.4C12H8.C11H8N.5Pt/c1-3-7-15(8-4-1)17-11-13-18(14-12-17)16-9-5-2-6-10-16;1-3-7-14(8-4-1)16-11-12-18-17(13-16)15-9-5-2-6-10-15;1-12-7-8-15-14(11-12)9-10-17-16(15)13-5-3-2-4-6-13;1-2-7-13(8-3-1)15-14-9-5-4-6-12(14)10-11-16-15;1-11(2)13-8-9-15-14(10-13)12-6-4-3-5-7-12;4*1-3-7-11(8-4-1)12-9-5-2-6-10-12;1-2-6-10(7-3-1)11-8-4-5-9-12-11;;;;;/h1,3-4,7,11,13-14,16H,2,5-6,9-10H2;2,5-6,9,11-14H,1,3-4,7-8H2;2-5,7-11H,1H3;1-7,9-11H;3-6,8-11H,1-2H3;4*1-7,9H;1-6,8-9H;;;;;/q-2;4*-1;4*-2;-1;;;;;. The van der Waals surface area contributed by atoms with E-state index in [-0.39, 0.29) is 105 Å². The fourth-order valence-electron chi connectivity index (χ4n) is 16.7. The average molecular weight is 2830 g/mol. The number of fused-ring (bicyclic) bond motifs is 2. The van der Waals surface area contributed by atoms with Crippen LogP contribution in [0.3, 0.4) is 0 Å². The van der Waals surface area contributed by atoms with Gasteiger partial charge in [-0.1, -0.05) is 155 Å². The van der Waals surface area contributed by atoms with Gasteiger partial charge in [0.2, 0.25) is 0 Å². The van der Waals surface area contributed by atoms with Crippen molar-refractivity contribution < 1.29 is 105 Å². The average Bonchev–Trinajstić information content (AvgIpc) is 0.795. The van der Waals surface area contributed by atoms with Crippen molar-refractivity contribution in [1.82, 2.24) is 24.9 Å². The number of hydrogen-bond donors (Lipinski definition) is 0. The molecule has 24 rings (SSSR count). The van der Waals surface area contributed by atoms with Gasteiger partial charge in [-0.05, 0) is 112 Å². The number of hydrogen-bond acceptors (Lipinski definition) is 5. The van der Waals surface area contributed by atoms with E-state index in [0.717, 1.165) is 124 Å². The van der Waals surface area contributed by atoms with E-state index in [4.69, 9.17) is 0 Å². The van der Waals surface area contributed by atoms with Gasteiger partial charge in [0, 0.05) is 136 Å². The van der Waals surface area contributed by atoms with Crippen molar-refractivity contribution in [2.24, 2.45) is 0 Å². The molecule has 758 valence electrons. The SMILES string of the molecule is CC(C)c1ccnc(-c2[c-]cccc2)c1.Cc1ccc2c(-c3[c-]cccc3)nccc2c1.[Pt].[Pt].[Pt].[Pt].[Pt].[c-]1ccccc1-c1[c-]cc(C2CCCCC2)cc1.[c-]1ccccc1-c1[c-]cccc1.[c-]1ccccc1-c1[c-]cccc1.[c-]1ccccc1-c1[c-]cccc1.[c-]1ccccc1-c1[c-]cccc1.[c-]1ccccc1-c1cc(C2CCCCC2)ccn1.[c-]1ccccc1-c1ccccn1.[c-]1ccccc1-c1nccc2ccccc12. The molecule has 0 radical (unpaired) electrons. The molecule has 0 atom stereocenters. The maximum absolute atomic E-state index is 4.48. The molecule has 0 saturated heterocycles. The van der Waals surface area contributed by atoms with Gasteiger partial charge in [-0.2, -0.15) is 243 Å². The maximum atomic E-state index is 4.48. The molecule has 10 heteroatoms. The van der Waals surface area contributed by atoms with Gasteiger partial charge in [-0.25, -0.2) is 55.6 Å². The molecule has 0 bridgehead atoms. The van der Waals surface area contributed by atoms with Crippen LogP contribution in [-0.2, 0) is 105 Å². The third kappa shape index (κ3) is 38.2. The number of pyridine rings is 5. The summed E-state index contributed by atoms with van der Waals surface area (Å²) in [6.45, 7) is 6.48. The third-order valence-electron chi connectivity index (χ3n) is 24.2. The molecule has 2 aliphatic rings. The molecule has 5 heterocycles. The zero-order valence-corrected chi connectivity index (χ0v) is 94.7. The van der Waals surface area contributed by atoms with E-state index in [0.29, 0.717) is 5.92 Å². The Morgan fingerprint density at radius 1 is 0.208 bits per heavy atom. The minimum Gasteiger partial charge on any atom is -0.305 e. The number of aromatic nitrogens is 5. The Balaban J connectivity index is 0.000000169. The van der Waals surface area contributed by atoms with Gasteiger partial charge in [0.1, 0.15) is 0 Å². The first kappa shape index (κ1) is 117. The first-order chi connectivity index (χ1) is 71.3. The van der Waals surface area contributed by atoms with E-state index >= 15 is 0 Å². The molecule has 149 heavy (non-hydrogen) atoms. The second-order valence-corrected chi connectivity index (χ2v) is 34.7. The van der Waals surface area contributed by atoms with Gasteiger partial charge in [-0.3, -0.25) is 0 Å². The Bertz CT molecular complexity index is 6700. The van der Waals surface area contributed by atoms with Gasteiger partial charge >= 0.3 is 0 Å². The first-order valence-electron chi connectivity index (χ1n) is 49.4. The fraction of sp³-hybridized carbons (Fsp3) is 0.115. The number of nitrogens with zero attached hydrogens (tertiary/aromatic N) is 5. The van der Waals surface area contributed by atoms with Crippen LogP contribution in [0.5, 0.6) is 0 Å². The third-order valence-corrected chi connectivity index (χ3v) is 24.2. The molecule has 0 N–H and O–H groups in total. The minimum absolute atomic E-state index is 0. The van der Waals surface area contributed by atoms with Crippen LogP contribution >= 0.6 is 0 Å². The van der Waals surface area contributed by atoms with E-state index in [9.17, 15) is 0 Å². The molecule has 2 fully saturated rings. The Kier molecular flexibility index (Phi) is 52.5. The molecule has 0 unspecified atom stereocenters. The smallest absolute Gasteiger partial charge is 0.0167 e. The van der Waals surface area contributed by atoms with Crippen molar-refractivity contribution in [2.75, 3.05) is 0 Å². The normalized spacial score (nSPS) is 11.3. The largest absolute Gasteiger partial charge is 0.305 e. The van der Waals surface area contributed by atoms with Gasteiger partial charge in [-0.15, -0.1) is 240 Å². The quantitative estimate of drug-likeness (QED) is 0.108. The maximum Gasteiger partial charge on any atom is 0.0167 e. The Hall–Kier alpha value is -13.5. The molecule has 2 aliphatic carbocycles. The van der Waals surface area contributed by atoms with Crippen molar-refractivity contribution in [3.63, 3.8) is 0 Å². The Morgan fingerprint density at radius 3 is 0.832 bits per heavy atom. The summed E-state index contributed by atoms with van der Waals surface area (Å²) in [5, 5.41) is 4.80. The summed E-state index contributed by atoms with van der Waals surface area (Å²) in [6, 6.07) is 199. The van der Waals surface area contributed by atoms with Gasteiger partial charge in [0.05, 0.1) is 0 Å². The summed E-state index contributed by atoms with van der Waals surface area (Å²) in [5.41, 5.74) is 26.9. The van der Waals surface area contributed by atoms with Crippen molar-refractivity contribution >= 4 is 21.5 Å².